The molecular formula is C47H76NO10P. The highest BCUT2D eigenvalue weighted by Gasteiger charge is 2.25. The molecule has 0 aromatic heterocycles. The van der Waals surface area contributed by atoms with Gasteiger partial charge < -0.3 is 30.3 Å². The molecule has 1 unspecified atom stereocenters. The van der Waals surface area contributed by atoms with E-state index in [1.54, 1.807) is 36.5 Å². The molecule has 0 saturated carbocycles. The van der Waals surface area contributed by atoms with E-state index in [9.17, 15) is 29.3 Å². The van der Waals surface area contributed by atoms with E-state index in [4.69, 9.17) is 24.3 Å². The van der Waals surface area contributed by atoms with Crippen LogP contribution in [0.3, 0.4) is 0 Å². The molecule has 0 aliphatic carbocycles. The Hall–Kier alpha value is -3.41. The average molecular weight is 846 g/mol. The lowest BCUT2D eigenvalue weighted by Crippen LogP contribution is -2.29. The van der Waals surface area contributed by atoms with E-state index in [0.29, 0.717) is 32.1 Å². The number of esters is 2. The van der Waals surface area contributed by atoms with Crippen LogP contribution in [0, 0.1) is 0 Å². The summed E-state index contributed by atoms with van der Waals surface area (Å²) in [7, 11) is -4.43. The Kier molecular flexibility index (Phi) is 38.9. The molecule has 0 bridgehead atoms. The van der Waals surface area contributed by atoms with Crippen molar-refractivity contribution in [1.29, 1.82) is 0 Å². The van der Waals surface area contributed by atoms with Gasteiger partial charge in [0.25, 0.3) is 0 Å². The second-order valence-corrected chi connectivity index (χ2v) is 15.3. The number of aliphatic hydroxyl groups is 2. The van der Waals surface area contributed by atoms with Gasteiger partial charge in [-0.15, -0.1) is 0 Å². The van der Waals surface area contributed by atoms with E-state index in [-0.39, 0.29) is 32.6 Å². The molecule has 0 amide bonds. The number of hydrogen-bond acceptors (Lipinski definition) is 10. The molecule has 0 aromatic carbocycles. The van der Waals surface area contributed by atoms with E-state index < -0.39 is 44.7 Å². The molecule has 11 nitrogen and oxygen atoms in total. The van der Waals surface area contributed by atoms with Crippen LogP contribution in [0.5, 0.6) is 0 Å². The molecule has 0 fully saturated rings. The van der Waals surface area contributed by atoms with Crippen LogP contribution in [0.1, 0.15) is 129 Å². The van der Waals surface area contributed by atoms with E-state index in [0.717, 1.165) is 51.4 Å². The van der Waals surface area contributed by atoms with Crippen LogP contribution in [-0.4, -0.2) is 71.7 Å². The molecule has 334 valence electrons. The summed E-state index contributed by atoms with van der Waals surface area (Å²) >= 11 is 0. The summed E-state index contributed by atoms with van der Waals surface area (Å²) < 4.78 is 32.6. The van der Waals surface area contributed by atoms with Gasteiger partial charge in [-0.05, 0) is 77.0 Å². The minimum atomic E-state index is -4.43. The highest BCUT2D eigenvalue weighted by molar-refractivity contribution is 7.47. The van der Waals surface area contributed by atoms with Crippen molar-refractivity contribution in [3.8, 4) is 0 Å². The zero-order valence-electron chi connectivity index (χ0n) is 35.9. The first-order valence-electron chi connectivity index (χ1n) is 21.6. The molecule has 5 N–H and O–H groups in total. The summed E-state index contributed by atoms with van der Waals surface area (Å²) in [5.74, 6) is -1.03. The lowest BCUT2D eigenvalue weighted by atomic mass is 10.1. The standard InChI is InChI=1S/C47H76NO10P/c1-3-5-7-8-9-10-11-12-13-14-15-16-17-18-19-24-32-38-47(52)58-45(42-57-59(53,54)56-40-39-48)41-55-46(51)37-31-23-21-20-22-28-34-44(50)36-30-26-25-29-35-43(49)33-27-6-4-2/h6,9-10,12-13,15-16,21-23,25-30,35-36,43-45,49-50H,3-5,7-8,11,14,17-20,24,31-34,37-42,48H2,1-2H3,(H,53,54)/b10-9-,13-12-,16-15-,23-21-,26-25-,27-6-,28-22-,35-29+,36-30+/t43-,44+,45-/m1/s1. The van der Waals surface area contributed by atoms with Crippen LogP contribution in [0.4, 0.5) is 0 Å². The summed E-state index contributed by atoms with van der Waals surface area (Å²) in [6.07, 6.45) is 47.6. The van der Waals surface area contributed by atoms with Gasteiger partial charge in [-0.1, -0.05) is 149 Å². The maximum Gasteiger partial charge on any atom is 0.472 e. The first-order valence-corrected chi connectivity index (χ1v) is 23.1. The molecule has 12 heteroatoms. The first kappa shape index (κ1) is 55.6. The van der Waals surface area contributed by atoms with Crippen LogP contribution in [0.25, 0.3) is 0 Å². The number of ether oxygens (including phenoxy) is 2. The van der Waals surface area contributed by atoms with Crippen molar-refractivity contribution in [3.63, 3.8) is 0 Å². The topological polar surface area (TPSA) is 175 Å². The van der Waals surface area contributed by atoms with Crippen LogP contribution in [-0.2, 0) is 32.7 Å². The number of phosphoric ester groups is 1. The zero-order chi connectivity index (χ0) is 43.5. The minimum Gasteiger partial charge on any atom is -0.462 e. The third-order valence-corrected chi connectivity index (χ3v) is 9.31. The molecule has 0 radical (unpaired) electrons. The van der Waals surface area contributed by atoms with Crippen LogP contribution < -0.4 is 5.73 Å². The maximum atomic E-state index is 12.6. The largest absolute Gasteiger partial charge is 0.472 e. The summed E-state index contributed by atoms with van der Waals surface area (Å²) in [4.78, 5) is 34.8. The highest BCUT2D eigenvalue weighted by Crippen LogP contribution is 2.43. The lowest BCUT2D eigenvalue weighted by Gasteiger charge is -2.19. The monoisotopic (exact) mass is 846 g/mol. The van der Waals surface area contributed by atoms with Crippen LogP contribution in [0.2, 0.25) is 0 Å². The first-order chi connectivity index (χ1) is 28.6. The lowest BCUT2D eigenvalue weighted by molar-refractivity contribution is -0.161. The SMILES string of the molecule is CC/C=C\C[C@@H](O)/C=C/C=C\C=C\[C@@H](O)C/C=C\C/C=C\CCC(=O)OC[C@H](COP(=O)(O)OCCN)OC(=O)CCCCCC/C=C\C/C=C\C/C=C\CCCCC. The third-order valence-electron chi connectivity index (χ3n) is 8.32. The van der Waals surface area contributed by atoms with Crippen molar-refractivity contribution in [3.05, 3.63) is 109 Å². The molecule has 0 rings (SSSR count). The summed E-state index contributed by atoms with van der Waals surface area (Å²) in [5.41, 5.74) is 5.33. The van der Waals surface area contributed by atoms with Gasteiger partial charge in [-0.25, -0.2) is 4.57 Å². The molecule has 0 aromatic rings. The van der Waals surface area contributed by atoms with Crippen LogP contribution >= 0.6 is 7.82 Å². The van der Waals surface area contributed by atoms with Gasteiger partial charge >= 0.3 is 19.8 Å². The summed E-state index contributed by atoms with van der Waals surface area (Å²) in [6.45, 7) is 3.25. The van der Waals surface area contributed by atoms with Crippen LogP contribution in [0.15, 0.2) is 109 Å². The van der Waals surface area contributed by atoms with Crippen molar-refractivity contribution >= 4 is 19.8 Å². The molecule has 4 atom stereocenters. The molecule has 0 spiro atoms. The zero-order valence-corrected chi connectivity index (χ0v) is 36.8. The molecule has 59 heavy (non-hydrogen) atoms. The van der Waals surface area contributed by atoms with Gasteiger partial charge in [-0.2, -0.15) is 0 Å². The fraction of sp³-hybridized carbons (Fsp3) is 0.574. The number of hydrogen-bond donors (Lipinski definition) is 4. The van der Waals surface area contributed by atoms with Crippen molar-refractivity contribution in [2.45, 2.75) is 148 Å². The summed E-state index contributed by atoms with van der Waals surface area (Å²) in [5, 5.41) is 19.9. The second-order valence-electron chi connectivity index (χ2n) is 13.9. The highest BCUT2D eigenvalue weighted by atomic mass is 31.2. The van der Waals surface area contributed by atoms with E-state index in [1.807, 2.05) is 43.4 Å². The van der Waals surface area contributed by atoms with Gasteiger partial charge in [0.1, 0.15) is 6.61 Å². The molecular weight excluding hydrogens is 769 g/mol. The number of nitrogens with two attached hydrogens (primary N) is 1. The fourth-order valence-corrected chi connectivity index (χ4v) is 5.84. The van der Waals surface area contributed by atoms with Crippen molar-refractivity contribution in [2.24, 2.45) is 5.73 Å². The molecule has 0 aliphatic heterocycles. The predicted molar refractivity (Wildman–Crippen MR) is 240 cm³/mol. The third kappa shape index (κ3) is 41.1. The Morgan fingerprint density at radius 2 is 1.15 bits per heavy atom. The predicted octanol–water partition coefficient (Wildman–Crippen LogP) is 10.3. The number of allylic oxidation sites excluding steroid dienone is 14. The Balaban J connectivity index is 4.46. The number of unbranched alkanes of at least 4 members (excludes halogenated alkanes) is 7. The number of aliphatic hydroxyl groups excluding tert-OH is 2. The van der Waals surface area contributed by atoms with Gasteiger partial charge in [-0.3, -0.25) is 18.6 Å². The maximum absolute atomic E-state index is 12.6. The Labute approximate surface area is 355 Å². The molecule has 0 saturated heterocycles. The van der Waals surface area contributed by atoms with Gasteiger partial charge in [0.05, 0.1) is 25.4 Å². The number of phosphoric acid groups is 1. The Morgan fingerprint density at radius 3 is 1.75 bits per heavy atom. The second kappa shape index (κ2) is 41.3. The fourth-order valence-electron chi connectivity index (χ4n) is 5.07. The average Bonchev–Trinajstić information content (AvgIpc) is 3.21. The van der Waals surface area contributed by atoms with Crippen molar-refractivity contribution in [2.75, 3.05) is 26.4 Å². The Bertz CT molecular complexity index is 1360. The van der Waals surface area contributed by atoms with Gasteiger partial charge in [0, 0.05) is 19.4 Å². The van der Waals surface area contributed by atoms with E-state index in [2.05, 4.69) is 43.4 Å². The number of carbonyl (C=O) groups is 2. The van der Waals surface area contributed by atoms with Crippen molar-refractivity contribution in [1.82, 2.24) is 0 Å². The molecule has 0 aliphatic rings. The van der Waals surface area contributed by atoms with E-state index >= 15 is 0 Å². The summed E-state index contributed by atoms with van der Waals surface area (Å²) in [6, 6.07) is 0. The normalized spacial score (nSPS) is 15.4. The van der Waals surface area contributed by atoms with Crippen molar-refractivity contribution < 1.29 is 47.8 Å². The van der Waals surface area contributed by atoms with Gasteiger partial charge in [0.2, 0.25) is 0 Å². The smallest absolute Gasteiger partial charge is 0.462 e. The molecule has 0 heterocycles. The minimum absolute atomic E-state index is 0.0168. The Morgan fingerprint density at radius 1 is 0.610 bits per heavy atom. The van der Waals surface area contributed by atoms with E-state index in [1.165, 1.54) is 19.3 Å². The number of rotatable bonds is 38. The van der Waals surface area contributed by atoms with Gasteiger partial charge in [0.15, 0.2) is 6.10 Å². The number of carbonyl (C=O) groups excluding carboxylic acids is 2. The quantitative estimate of drug-likeness (QED) is 0.0153.